The first-order chi connectivity index (χ1) is 9.79. The van der Waals surface area contributed by atoms with Crippen molar-refractivity contribution < 1.29 is 9.53 Å². The van der Waals surface area contributed by atoms with Gasteiger partial charge in [0.15, 0.2) is 0 Å². The number of aryl methyl sites for hydroxylation is 2. The minimum Gasteiger partial charge on any atom is -0.422 e. The Morgan fingerprint density at radius 1 is 0.905 bits per heavy atom. The molecule has 0 spiro atoms. The zero-order chi connectivity index (χ0) is 15.6. The molecule has 2 nitrogen and oxygen atoms in total. The molecule has 0 bridgehead atoms. The third kappa shape index (κ3) is 3.52. The van der Waals surface area contributed by atoms with Crippen LogP contribution in [0.5, 0.6) is 5.75 Å². The van der Waals surface area contributed by atoms with Gasteiger partial charge < -0.3 is 4.74 Å². The van der Waals surface area contributed by atoms with Crippen molar-refractivity contribution in [2.45, 2.75) is 40.0 Å². The Bertz CT molecular complexity index is 626. The SMILES string of the molecule is Cc1cccc(C)c1OC(=O)c1ccc(C(C)(C)C)cc1. The lowest BCUT2D eigenvalue weighted by atomic mass is 9.87. The predicted molar refractivity (Wildman–Crippen MR) is 86.0 cm³/mol. The van der Waals surface area contributed by atoms with Crippen LogP contribution in [0.1, 0.15) is 47.8 Å². The molecule has 0 saturated carbocycles. The van der Waals surface area contributed by atoms with E-state index in [9.17, 15) is 4.79 Å². The Kier molecular flexibility index (Phi) is 4.17. The van der Waals surface area contributed by atoms with Gasteiger partial charge in [-0.1, -0.05) is 51.1 Å². The van der Waals surface area contributed by atoms with Crippen LogP contribution in [-0.2, 0) is 5.41 Å². The van der Waals surface area contributed by atoms with Crippen molar-refractivity contribution in [3.05, 3.63) is 64.7 Å². The van der Waals surface area contributed by atoms with E-state index in [1.54, 1.807) is 0 Å². The first kappa shape index (κ1) is 15.3. The van der Waals surface area contributed by atoms with Gasteiger partial charge in [-0.2, -0.15) is 0 Å². The van der Waals surface area contributed by atoms with Crippen LogP contribution < -0.4 is 4.74 Å². The van der Waals surface area contributed by atoms with E-state index in [1.807, 2.05) is 56.3 Å². The molecule has 0 unspecified atom stereocenters. The second-order valence-corrected chi connectivity index (χ2v) is 6.44. The molecule has 0 aliphatic carbocycles. The van der Waals surface area contributed by atoms with Crippen LogP contribution in [0.2, 0.25) is 0 Å². The fourth-order valence-corrected chi connectivity index (χ4v) is 2.22. The Balaban J connectivity index is 2.21. The number of ether oxygens (including phenoxy) is 1. The summed E-state index contributed by atoms with van der Waals surface area (Å²) in [4.78, 5) is 12.3. The minimum absolute atomic E-state index is 0.0784. The Morgan fingerprint density at radius 2 is 1.43 bits per heavy atom. The van der Waals surface area contributed by atoms with Crippen LogP contribution in [-0.4, -0.2) is 5.97 Å². The number of carbonyl (C=O) groups is 1. The fourth-order valence-electron chi connectivity index (χ4n) is 2.22. The van der Waals surface area contributed by atoms with E-state index < -0.39 is 0 Å². The summed E-state index contributed by atoms with van der Waals surface area (Å²) in [6.45, 7) is 10.3. The Hall–Kier alpha value is -2.09. The number of benzene rings is 2. The number of para-hydroxylation sites is 1. The molecule has 0 aliphatic heterocycles. The molecule has 0 radical (unpaired) electrons. The van der Waals surface area contributed by atoms with Gasteiger partial charge in [-0.3, -0.25) is 0 Å². The second-order valence-electron chi connectivity index (χ2n) is 6.44. The normalized spacial score (nSPS) is 11.3. The molecule has 110 valence electrons. The van der Waals surface area contributed by atoms with Gasteiger partial charge in [-0.15, -0.1) is 0 Å². The summed E-state index contributed by atoms with van der Waals surface area (Å²) in [6, 6.07) is 13.5. The second kappa shape index (κ2) is 5.72. The highest BCUT2D eigenvalue weighted by molar-refractivity contribution is 5.91. The van der Waals surface area contributed by atoms with E-state index in [2.05, 4.69) is 20.8 Å². The van der Waals surface area contributed by atoms with E-state index >= 15 is 0 Å². The van der Waals surface area contributed by atoms with Gasteiger partial charge in [0, 0.05) is 0 Å². The van der Waals surface area contributed by atoms with E-state index in [0.717, 1.165) is 11.1 Å². The average Bonchev–Trinajstić information content (AvgIpc) is 2.42. The van der Waals surface area contributed by atoms with Gasteiger partial charge in [0.1, 0.15) is 5.75 Å². The summed E-state index contributed by atoms with van der Waals surface area (Å²) in [5.74, 6) is 0.343. The van der Waals surface area contributed by atoms with E-state index in [0.29, 0.717) is 11.3 Å². The maximum atomic E-state index is 12.3. The third-order valence-electron chi connectivity index (χ3n) is 3.59. The van der Waals surface area contributed by atoms with Crippen LogP contribution in [0.4, 0.5) is 0 Å². The Labute approximate surface area is 126 Å². The summed E-state index contributed by atoms with van der Waals surface area (Å²) in [5.41, 5.74) is 3.79. The van der Waals surface area contributed by atoms with Crippen LogP contribution in [0.15, 0.2) is 42.5 Å². The molecule has 0 aliphatic rings. The first-order valence-electron chi connectivity index (χ1n) is 7.18. The lowest BCUT2D eigenvalue weighted by molar-refractivity contribution is 0.0732. The van der Waals surface area contributed by atoms with Gasteiger partial charge in [0.05, 0.1) is 5.56 Å². The van der Waals surface area contributed by atoms with Gasteiger partial charge >= 0.3 is 5.97 Å². The molecular formula is C19H22O2. The quantitative estimate of drug-likeness (QED) is 0.583. The maximum Gasteiger partial charge on any atom is 0.343 e. The lowest BCUT2D eigenvalue weighted by Gasteiger charge is -2.19. The molecule has 0 fully saturated rings. The predicted octanol–water partition coefficient (Wildman–Crippen LogP) is 4.82. The van der Waals surface area contributed by atoms with Crippen LogP contribution in [0.3, 0.4) is 0 Å². The zero-order valence-electron chi connectivity index (χ0n) is 13.4. The summed E-state index contributed by atoms with van der Waals surface area (Å²) < 4.78 is 5.55. The van der Waals surface area contributed by atoms with Gasteiger partial charge in [-0.25, -0.2) is 4.79 Å². The molecule has 21 heavy (non-hydrogen) atoms. The minimum atomic E-state index is -0.312. The highest BCUT2D eigenvalue weighted by Crippen LogP contribution is 2.25. The van der Waals surface area contributed by atoms with E-state index in [4.69, 9.17) is 4.74 Å². The highest BCUT2D eigenvalue weighted by atomic mass is 16.5. The average molecular weight is 282 g/mol. The molecule has 0 N–H and O–H groups in total. The van der Waals surface area contributed by atoms with Crippen molar-refractivity contribution in [3.63, 3.8) is 0 Å². The van der Waals surface area contributed by atoms with Crippen LogP contribution in [0, 0.1) is 13.8 Å². The van der Waals surface area contributed by atoms with Crippen molar-refractivity contribution in [2.75, 3.05) is 0 Å². The summed E-state index contributed by atoms with van der Waals surface area (Å²) in [6.07, 6.45) is 0. The molecule has 2 heteroatoms. The van der Waals surface area contributed by atoms with Crippen molar-refractivity contribution in [3.8, 4) is 5.75 Å². The number of hydrogen-bond donors (Lipinski definition) is 0. The molecule has 2 aromatic rings. The van der Waals surface area contributed by atoms with Crippen molar-refractivity contribution in [2.24, 2.45) is 0 Å². The first-order valence-corrected chi connectivity index (χ1v) is 7.18. The number of hydrogen-bond acceptors (Lipinski definition) is 2. The summed E-state index contributed by atoms with van der Waals surface area (Å²) >= 11 is 0. The lowest BCUT2D eigenvalue weighted by Crippen LogP contribution is -2.13. The maximum absolute atomic E-state index is 12.3. The summed E-state index contributed by atoms with van der Waals surface area (Å²) in [5, 5.41) is 0. The molecule has 0 amide bonds. The standard InChI is InChI=1S/C19H22O2/c1-13-7-6-8-14(2)17(13)21-18(20)15-9-11-16(12-10-15)19(3,4)5/h6-12H,1-5H3. The number of rotatable bonds is 2. The molecule has 0 heterocycles. The fraction of sp³-hybridized carbons (Fsp3) is 0.316. The number of carbonyl (C=O) groups excluding carboxylic acids is 1. The van der Waals surface area contributed by atoms with Gasteiger partial charge in [0.2, 0.25) is 0 Å². The molecule has 0 atom stereocenters. The van der Waals surface area contributed by atoms with Crippen LogP contribution in [0.25, 0.3) is 0 Å². The van der Waals surface area contributed by atoms with E-state index in [1.165, 1.54) is 5.56 Å². The molecule has 0 saturated heterocycles. The van der Waals surface area contributed by atoms with Gasteiger partial charge in [0.25, 0.3) is 0 Å². The van der Waals surface area contributed by atoms with Crippen molar-refractivity contribution >= 4 is 5.97 Å². The smallest absolute Gasteiger partial charge is 0.343 e. The van der Waals surface area contributed by atoms with Crippen molar-refractivity contribution in [1.82, 2.24) is 0 Å². The monoisotopic (exact) mass is 282 g/mol. The third-order valence-corrected chi connectivity index (χ3v) is 3.59. The highest BCUT2D eigenvalue weighted by Gasteiger charge is 2.16. The topological polar surface area (TPSA) is 26.3 Å². The van der Waals surface area contributed by atoms with Gasteiger partial charge in [-0.05, 0) is 48.1 Å². The van der Waals surface area contributed by atoms with Crippen LogP contribution >= 0.6 is 0 Å². The van der Waals surface area contributed by atoms with E-state index in [-0.39, 0.29) is 11.4 Å². The molecule has 0 aromatic heterocycles. The largest absolute Gasteiger partial charge is 0.422 e. The number of esters is 1. The molecular weight excluding hydrogens is 260 g/mol. The zero-order valence-corrected chi connectivity index (χ0v) is 13.4. The van der Waals surface area contributed by atoms with Crippen molar-refractivity contribution in [1.29, 1.82) is 0 Å². The molecule has 2 rings (SSSR count). The summed E-state index contributed by atoms with van der Waals surface area (Å²) in [7, 11) is 0. The molecule has 2 aromatic carbocycles. The Morgan fingerprint density at radius 3 is 1.90 bits per heavy atom.